The van der Waals surface area contributed by atoms with Crippen molar-refractivity contribution in [1.82, 2.24) is 20.1 Å². The lowest BCUT2D eigenvalue weighted by atomic mass is 10.1. The molecule has 0 saturated carbocycles. The number of hydrogen-bond acceptors (Lipinski definition) is 4. The fourth-order valence-electron chi connectivity index (χ4n) is 4.11. The van der Waals surface area contributed by atoms with E-state index in [-0.39, 0.29) is 5.91 Å². The monoisotopic (exact) mass is 484 g/mol. The highest BCUT2D eigenvalue weighted by Crippen LogP contribution is 2.27. The maximum Gasteiger partial charge on any atom is 0.220 e. The summed E-state index contributed by atoms with van der Waals surface area (Å²) in [5, 5.41) is 12.8. The summed E-state index contributed by atoms with van der Waals surface area (Å²) < 4.78 is 2.09. The van der Waals surface area contributed by atoms with E-state index in [1.165, 1.54) is 27.8 Å². The summed E-state index contributed by atoms with van der Waals surface area (Å²) in [5.41, 5.74) is 7.23. The smallest absolute Gasteiger partial charge is 0.220 e. The molecule has 0 fully saturated rings. The van der Waals surface area contributed by atoms with Crippen LogP contribution in [0.5, 0.6) is 0 Å². The fraction of sp³-hybridized carbons (Fsp3) is 0.276. The molecule has 35 heavy (non-hydrogen) atoms. The van der Waals surface area contributed by atoms with Crippen LogP contribution in [-0.4, -0.2) is 27.2 Å². The first kappa shape index (κ1) is 24.7. The SMILES string of the molecule is Cc1ccc(-n2c(CCC(=O)NCCc3ccccc3)nnc2SCc2cc(C)cc(C)c2)cc1. The normalized spacial score (nSPS) is 10.9. The van der Waals surface area contributed by atoms with Crippen molar-refractivity contribution < 1.29 is 4.79 Å². The van der Waals surface area contributed by atoms with Crippen LogP contribution in [-0.2, 0) is 23.4 Å². The van der Waals surface area contributed by atoms with Crippen molar-refractivity contribution in [3.63, 3.8) is 0 Å². The van der Waals surface area contributed by atoms with Crippen molar-refractivity contribution in [3.8, 4) is 5.69 Å². The molecule has 1 heterocycles. The van der Waals surface area contributed by atoms with Gasteiger partial charge in [-0.15, -0.1) is 10.2 Å². The number of carbonyl (C=O) groups excluding carboxylic acids is 1. The second-order valence-electron chi connectivity index (χ2n) is 8.94. The van der Waals surface area contributed by atoms with Gasteiger partial charge in [0.2, 0.25) is 5.91 Å². The molecule has 4 rings (SSSR count). The second-order valence-corrected chi connectivity index (χ2v) is 9.88. The van der Waals surface area contributed by atoms with E-state index in [0.717, 1.165) is 28.8 Å². The van der Waals surface area contributed by atoms with Crippen molar-refractivity contribution in [2.75, 3.05) is 6.54 Å². The first-order valence-corrected chi connectivity index (χ1v) is 13.0. The van der Waals surface area contributed by atoms with Crippen LogP contribution in [0.2, 0.25) is 0 Å². The summed E-state index contributed by atoms with van der Waals surface area (Å²) in [6.07, 6.45) is 1.73. The molecule has 1 aromatic heterocycles. The number of hydrogen-bond donors (Lipinski definition) is 1. The summed E-state index contributed by atoms with van der Waals surface area (Å²) in [7, 11) is 0. The lowest BCUT2D eigenvalue weighted by molar-refractivity contribution is -0.121. The molecular weight excluding hydrogens is 452 g/mol. The molecule has 0 saturated heterocycles. The molecular formula is C29H32N4OS. The van der Waals surface area contributed by atoms with Crippen LogP contribution in [0.25, 0.3) is 5.69 Å². The molecule has 1 amide bonds. The molecule has 0 aliphatic rings. The molecule has 0 unspecified atom stereocenters. The van der Waals surface area contributed by atoms with E-state index >= 15 is 0 Å². The standard InChI is InChI=1S/C29H32N4OS/c1-21-9-11-26(12-10-21)33-27(13-14-28(34)30-16-15-24-7-5-4-6-8-24)31-32-29(33)35-20-25-18-22(2)17-23(3)19-25/h4-12,17-19H,13-16,20H2,1-3H3,(H,30,34). The van der Waals surface area contributed by atoms with Gasteiger partial charge in [-0.05, 0) is 50.5 Å². The number of aryl methyl sites for hydroxylation is 4. The van der Waals surface area contributed by atoms with Crippen LogP contribution in [0, 0.1) is 20.8 Å². The summed E-state index contributed by atoms with van der Waals surface area (Å²) >= 11 is 1.67. The Morgan fingerprint density at radius 3 is 2.26 bits per heavy atom. The van der Waals surface area contributed by atoms with Crippen LogP contribution in [0.3, 0.4) is 0 Å². The molecule has 0 radical (unpaired) electrons. The number of carbonyl (C=O) groups is 1. The highest BCUT2D eigenvalue weighted by atomic mass is 32.2. The molecule has 0 spiro atoms. The van der Waals surface area contributed by atoms with Crippen LogP contribution >= 0.6 is 11.8 Å². The molecule has 0 atom stereocenters. The molecule has 6 heteroatoms. The molecule has 4 aromatic rings. The number of nitrogens with zero attached hydrogens (tertiary/aromatic N) is 3. The third-order valence-corrected chi connectivity index (χ3v) is 6.80. The van der Waals surface area contributed by atoms with Crippen LogP contribution in [0.1, 0.15) is 40.1 Å². The Kier molecular flexibility index (Phi) is 8.37. The van der Waals surface area contributed by atoms with E-state index in [0.29, 0.717) is 19.4 Å². The van der Waals surface area contributed by atoms with E-state index < -0.39 is 0 Å². The maximum atomic E-state index is 12.5. The molecule has 5 nitrogen and oxygen atoms in total. The Bertz CT molecular complexity index is 1250. The average molecular weight is 485 g/mol. The van der Waals surface area contributed by atoms with Gasteiger partial charge in [-0.3, -0.25) is 9.36 Å². The summed E-state index contributed by atoms with van der Waals surface area (Å²) in [6, 6.07) is 25.2. The lowest BCUT2D eigenvalue weighted by Gasteiger charge is -2.11. The lowest BCUT2D eigenvalue weighted by Crippen LogP contribution is -2.26. The minimum atomic E-state index is 0.0313. The zero-order valence-corrected chi connectivity index (χ0v) is 21.4. The predicted octanol–water partition coefficient (Wildman–Crippen LogP) is 5.78. The van der Waals surface area contributed by atoms with Gasteiger partial charge in [-0.1, -0.05) is 89.1 Å². The van der Waals surface area contributed by atoms with Gasteiger partial charge in [0.05, 0.1) is 0 Å². The van der Waals surface area contributed by atoms with Crippen molar-refractivity contribution in [3.05, 3.63) is 106 Å². The van der Waals surface area contributed by atoms with Gasteiger partial charge in [0.25, 0.3) is 0 Å². The van der Waals surface area contributed by atoms with E-state index in [1.807, 2.05) is 18.2 Å². The van der Waals surface area contributed by atoms with Crippen molar-refractivity contribution in [1.29, 1.82) is 0 Å². The van der Waals surface area contributed by atoms with Crippen molar-refractivity contribution in [2.24, 2.45) is 0 Å². The predicted molar refractivity (Wildman–Crippen MR) is 143 cm³/mol. The van der Waals surface area contributed by atoms with Gasteiger partial charge in [-0.2, -0.15) is 0 Å². The Morgan fingerprint density at radius 2 is 1.54 bits per heavy atom. The van der Waals surface area contributed by atoms with Gasteiger partial charge in [-0.25, -0.2) is 0 Å². The van der Waals surface area contributed by atoms with Crippen LogP contribution < -0.4 is 5.32 Å². The highest BCUT2D eigenvalue weighted by Gasteiger charge is 2.16. The largest absolute Gasteiger partial charge is 0.356 e. The Balaban J connectivity index is 1.43. The fourth-order valence-corrected chi connectivity index (χ4v) is 5.01. The van der Waals surface area contributed by atoms with Crippen molar-refractivity contribution >= 4 is 17.7 Å². The summed E-state index contributed by atoms with van der Waals surface area (Å²) in [5.74, 6) is 1.64. The zero-order chi connectivity index (χ0) is 24.6. The number of amides is 1. The van der Waals surface area contributed by atoms with Crippen LogP contribution in [0.15, 0.2) is 78.0 Å². The maximum absolute atomic E-state index is 12.5. The summed E-state index contributed by atoms with van der Waals surface area (Å²) in [4.78, 5) is 12.5. The minimum absolute atomic E-state index is 0.0313. The Labute approximate surface area is 212 Å². The first-order chi connectivity index (χ1) is 17.0. The van der Waals surface area contributed by atoms with Gasteiger partial charge in [0.1, 0.15) is 5.82 Å². The molecule has 180 valence electrons. The van der Waals surface area contributed by atoms with E-state index in [2.05, 4.69) is 95.4 Å². The van der Waals surface area contributed by atoms with Gasteiger partial charge >= 0.3 is 0 Å². The third-order valence-electron chi connectivity index (χ3n) is 5.80. The first-order valence-electron chi connectivity index (χ1n) is 12.0. The number of rotatable bonds is 10. The molecule has 3 aromatic carbocycles. The van der Waals surface area contributed by atoms with E-state index in [1.54, 1.807) is 11.8 Å². The zero-order valence-electron chi connectivity index (χ0n) is 20.6. The minimum Gasteiger partial charge on any atom is -0.356 e. The molecule has 0 bridgehead atoms. The molecule has 0 aliphatic carbocycles. The van der Waals surface area contributed by atoms with Gasteiger partial charge in [0.15, 0.2) is 5.16 Å². The Morgan fingerprint density at radius 1 is 0.829 bits per heavy atom. The molecule has 1 N–H and O–H groups in total. The van der Waals surface area contributed by atoms with Crippen LogP contribution in [0.4, 0.5) is 0 Å². The van der Waals surface area contributed by atoms with E-state index in [9.17, 15) is 4.79 Å². The number of benzene rings is 3. The number of nitrogens with one attached hydrogen (secondary N) is 1. The van der Waals surface area contributed by atoms with Crippen molar-refractivity contribution in [2.45, 2.75) is 50.9 Å². The quantitative estimate of drug-likeness (QED) is 0.290. The average Bonchev–Trinajstić information content (AvgIpc) is 3.25. The number of thioether (sulfide) groups is 1. The topological polar surface area (TPSA) is 59.8 Å². The third kappa shape index (κ3) is 7.06. The summed E-state index contributed by atoms with van der Waals surface area (Å²) in [6.45, 7) is 6.95. The number of aromatic nitrogens is 3. The second kappa shape index (κ2) is 11.8. The van der Waals surface area contributed by atoms with E-state index in [4.69, 9.17) is 0 Å². The highest BCUT2D eigenvalue weighted by molar-refractivity contribution is 7.98. The van der Waals surface area contributed by atoms with Gasteiger partial charge < -0.3 is 5.32 Å². The van der Waals surface area contributed by atoms with Gasteiger partial charge in [0, 0.05) is 30.8 Å². The molecule has 0 aliphatic heterocycles. The Hall–Kier alpha value is -3.38.